The second kappa shape index (κ2) is 7.55. The number of allylic oxidation sites excluding steroid dienone is 1. The van der Waals surface area contributed by atoms with Gasteiger partial charge in [-0.25, -0.2) is 4.79 Å². The van der Waals surface area contributed by atoms with E-state index in [4.69, 9.17) is 4.74 Å². The maximum absolute atomic E-state index is 12.6. The molecule has 0 spiro atoms. The Morgan fingerprint density at radius 1 is 1.23 bits per heavy atom. The van der Waals surface area contributed by atoms with Crippen molar-refractivity contribution in [1.82, 2.24) is 20.2 Å². The third-order valence-electron chi connectivity index (χ3n) is 4.55. The average molecular weight is 356 g/mol. The minimum atomic E-state index is -0.425. The number of nitrogens with one attached hydrogen (secondary N) is 1. The highest BCUT2D eigenvalue weighted by Gasteiger charge is 2.34. The third-order valence-corrected chi connectivity index (χ3v) is 4.55. The summed E-state index contributed by atoms with van der Waals surface area (Å²) in [4.78, 5) is 14.8. The van der Waals surface area contributed by atoms with E-state index in [-0.39, 0.29) is 5.97 Å². The van der Waals surface area contributed by atoms with Gasteiger partial charge in [-0.1, -0.05) is 17.2 Å². The normalized spacial score (nSPS) is 16.1. The Bertz CT molecular complexity index is 807. The van der Waals surface area contributed by atoms with E-state index in [9.17, 15) is 4.79 Å². The quantitative estimate of drug-likeness (QED) is 0.795. The molecular formula is C18H24N6O2. The van der Waals surface area contributed by atoms with Crippen LogP contribution in [0.4, 0.5) is 11.6 Å². The molecule has 8 heteroatoms. The lowest BCUT2D eigenvalue weighted by molar-refractivity contribution is -0.139. The van der Waals surface area contributed by atoms with Crippen molar-refractivity contribution in [3.05, 3.63) is 41.1 Å². The monoisotopic (exact) mass is 356 g/mol. The predicted molar refractivity (Wildman–Crippen MR) is 98.9 cm³/mol. The molecule has 0 radical (unpaired) electrons. The van der Waals surface area contributed by atoms with Crippen molar-refractivity contribution in [3.8, 4) is 0 Å². The molecule has 1 aliphatic heterocycles. The summed E-state index contributed by atoms with van der Waals surface area (Å²) >= 11 is 0. The van der Waals surface area contributed by atoms with Gasteiger partial charge in [-0.3, -0.25) is 0 Å². The first-order valence-corrected chi connectivity index (χ1v) is 8.88. The van der Waals surface area contributed by atoms with E-state index >= 15 is 0 Å². The number of fused-ring (bicyclic) bond motifs is 1. The van der Waals surface area contributed by atoms with Crippen LogP contribution < -0.4 is 10.2 Å². The molecule has 2 aromatic rings. The molecule has 3 rings (SSSR count). The minimum Gasteiger partial charge on any atom is -0.463 e. The SMILES string of the molecule is CCOC(=O)C1=C(C)Nc2nnnn2C1c1ccc(N(CC)CC)cc1. The fourth-order valence-electron chi connectivity index (χ4n) is 3.25. The summed E-state index contributed by atoms with van der Waals surface area (Å²) in [5.41, 5.74) is 3.28. The second-order valence-corrected chi connectivity index (χ2v) is 6.00. The highest BCUT2D eigenvalue weighted by Crippen LogP contribution is 2.35. The van der Waals surface area contributed by atoms with Gasteiger partial charge < -0.3 is 15.0 Å². The fraction of sp³-hybridized carbons (Fsp3) is 0.444. The summed E-state index contributed by atoms with van der Waals surface area (Å²) < 4.78 is 6.88. The molecule has 1 N–H and O–H groups in total. The van der Waals surface area contributed by atoms with Crippen molar-refractivity contribution in [2.24, 2.45) is 0 Å². The molecule has 8 nitrogen and oxygen atoms in total. The molecule has 1 aromatic heterocycles. The molecule has 0 bridgehead atoms. The number of tetrazole rings is 1. The van der Waals surface area contributed by atoms with Crippen LogP contribution in [-0.4, -0.2) is 45.9 Å². The van der Waals surface area contributed by atoms with Crippen LogP contribution in [0.3, 0.4) is 0 Å². The summed E-state index contributed by atoms with van der Waals surface area (Å²) in [7, 11) is 0. The Morgan fingerprint density at radius 2 is 1.92 bits per heavy atom. The van der Waals surface area contributed by atoms with Gasteiger partial charge in [0, 0.05) is 24.5 Å². The zero-order valence-corrected chi connectivity index (χ0v) is 15.6. The largest absolute Gasteiger partial charge is 0.463 e. The maximum Gasteiger partial charge on any atom is 0.338 e. The lowest BCUT2D eigenvalue weighted by Crippen LogP contribution is -2.29. The Balaban J connectivity index is 2.04. The molecular weight excluding hydrogens is 332 g/mol. The molecule has 1 aliphatic rings. The summed E-state index contributed by atoms with van der Waals surface area (Å²) in [6.45, 7) is 10.1. The number of anilines is 2. The Hall–Kier alpha value is -2.90. The van der Waals surface area contributed by atoms with E-state index < -0.39 is 6.04 Å². The van der Waals surface area contributed by atoms with Gasteiger partial charge in [-0.15, -0.1) is 0 Å². The number of benzene rings is 1. The number of hydrogen-bond acceptors (Lipinski definition) is 7. The van der Waals surface area contributed by atoms with E-state index in [0.717, 1.165) is 24.3 Å². The number of carbonyl (C=O) groups excluding carboxylic acids is 1. The smallest absolute Gasteiger partial charge is 0.338 e. The number of ether oxygens (including phenoxy) is 1. The highest BCUT2D eigenvalue weighted by atomic mass is 16.5. The van der Waals surface area contributed by atoms with Gasteiger partial charge in [0.25, 0.3) is 0 Å². The van der Waals surface area contributed by atoms with Crippen LogP contribution in [0.1, 0.15) is 39.3 Å². The van der Waals surface area contributed by atoms with Gasteiger partial charge in [0.15, 0.2) is 0 Å². The van der Waals surface area contributed by atoms with Gasteiger partial charge in [0.2, 0.25) is 5.95 Å². The number of esters is 1. The Kier molecular flexibility index (Phi) is 5.20. The van der Waals surface area contributed by atoms with E-state index in [2.05, 4.69) is 51.7 Å². The molecule has 0 amide bonds. The van der Waals surface area contributed by atoms with Crippen molar-refractivity contribution in [3.63, 3.8) is 0 Å². The van der Waals surface area contributed by atoms with Gasteiger partial charge in [-0.05, 0) is 55.8 Å². The molecule has 1 atom stereocenters. The van der Waals surface area contributed by atoms with E-state index in [1.165, 1.54) is 0 Å². The Labute approximate surface area is 152 Å². The molecule has 26 heavy (non-hydrogen) atoms. The average Bonchev–Trinajstić information content (AvgIpc) is 3.10. The molecule has 0 fully saturated rings. The lowest BCUT2D eigenvalue weighted by Gasteiger charge is -2.28. The van der Waals surface area contributed by atoms with Crippen LogP contribution in [-0.2, 0) is 9.53 Å². The van der Waals surface area contributed by atoms with Crippen molar-refractivity contribution >= 4 is 17.6 Å². The van der Waals surface area contributed by atoms with E-state index in [1.54, 1.807) is 11.6 Å². The van der Waals surface area contributed by atoms with Gasteiger partial charge in [-0.2, -0.15) is 4.68 Å². The molecule has 2 heterocycles. The number of hydrogen-bond donors (Lipinski definition) is 1. The summed E-state index contributed by atoms with van der Waals surface area (Å²) in [5, 5.41) is 14.9. The van der Waals surface area contributed by atoms with Crippen LogP contribution in [0.5, 0.6) is 0 Å². The summed E-state index contributed by atoms with van der Waals surface area (Å²) in [6.07, 6.45) is 0. The van der Waals surface area contributed by atoms with Crippen molar-refractivity contribution in [2.75, 3.05) is 29.9 Å². The Morgan fingerprint density at radius 3 is 2.54 bits per heavy atom. The van der Waals surface area contributed by atoms with Gasteiger partial charge >= 0.3 is 5.97 Å². The first kappa shape index (κ1) is 17.9. The van der Waals surface area contributed by atoms with Gasteiger partial charge in [0.1, 0.15) is 6.04 Å². The molecule has 0 saturated carbocycles. The molecule has 0 saturated heterocycles. The summed E-state index contributed by atoms with van der Waals surface area (Å²) in [6, 6.07) is 7.73. The third kappa shape index (κ3) is 3.14. The van der Waals surface area contributed by atoms with Crippen molar-refractivity contribution in [1.29, 1.82) is 0 Å². The molecule has 1 aromatic carbocycles. The standard InChI is InChI=1S/C18H24N6O2/c1-5-23(6-2)14-10-8-13(9-11-14)16-15(17(25)26-7-3)12(4)19-18-20-21-22-24(16)18/h8-11,16H,5-7H2,1-4H3,(H,19,20,22). The predicted octanol–water partition coefficient (Wildman–Crippen LogP) is 2.37. The maximum atomic E-state index is 12.6. The van der Waals surface area contributed by atoms with E-state index in [1.807, 2.05) is 19.1 Å². The van der Waals surface area contributed by atoms with Gasteiger partial charge in [0.05, 0.1) is 12.2 Å². The molecule has 1 unspecified atom stereocenters. The highest BCUT2D eigenvalue weighted by molar-refractivity contribution is 5.92. The lowest BCUT2D eigenvalue weighted by atomic mass is 9.95. The number of aromatic nitrogens is 4. The molecule has 0 aliphatic carbocycles. The van der Waals surface area contributed by atoms with Crippen LogP contribution in [0, 0.1) is 0 Å². The van der Waals surface area contributed by atoms with E-state index in [0.29, 0.717) is 23.8 Å². The van der Waals surface area contributed by atoms with Crippen LogP contribution in [0.2, 0.25) is 0 Å². The number of rotatable bonds is 6. The minimum absolute atomic E-state index is 0.311. The number of nitrogens with zero attached hydrogens (tertiary/aromatic N) is 5. The first-order valence-electron chi connectivity index (χ1n) is 8.88. The zero-order chi connectivity index (χ0) is 18.7. The first-order chi connectivity index (χ1) is 12.6. The second-order valence-electron chi connectivity index (χ2n) is 6.00. The topological polar surface area (TPSA) is 85.2 Å². The zero-order valence-electron chi connectivity index (χ0n) is 15.6. The fourth-order valence-corrected chi connectivity index (χ4v) is 3.25. The number of carbonyl (C=O) groups is 1. The molecule has 138 valence electrons. The van der Waals surface area contributed by atoms with Crippen molar-refractivity contribution in [2.45, 2.75) is 33.7 Å². The van der Waals surface area contributed by atoms with Crippen molar-refractivity contribution < 1.29 is 9.53 Å². The van der Waals surface area contributed by atoms with Crippen LogP contribution in [0.15, 0.2) is 35.5 Å². The summed E-state index contributed by atoms with van der Waals surface area (Å²) in [5.74, 6) is 0.143. The van der Waals surface area contributed by atoms with Crippen LogP contribution >= 0.6 is 0 Å². The van der Waals surface area contributed by atoms with Crippen LogP contribution in [0.25, 0.3) is 0 Å².